The van der Waals surface area contributed by atoms with Crippen LogP contribution in [-0.2, 0) is 19.4 Å². The molecule has 0 saturated carbocycles. The van der Waals surface area contributed by atoms with Crippen molar-refractivity contribution >= 4 is 21.6 Å². The number of benzene rings is 1. The highest BCUT2D eigenvalue weighted by Crippen LogP contribution is 2.41. The minimum atomic E-state index is -0.0723. The largest absolute Gasteiger partial charge is 0.493 e. The number of thiophene rings is 1. The molecule has 4 aromatic rings. The predicted molar refractivity (Wildman–Crippen MR) is 114 cm³/mol. The van der Waals surface area contributed by atoms with E-state index in [1.807, 2.05) is 0 Å². The summed E-state index contributed by atoms with van der Waals surface area (Å²) in [7, 11) is 4.62. The lowest BCUT2D eigenvalue weighted by atomic mass is 10.2. The first-order valence-electron chi connectivity index (χ1n) is 9.75. The molecule has 0 radical (unpaired) electrons. The van der Waals surface area contributed by atoms with Crippen LogP contribution in [0.4, 0.5) is 0 Å². The average molecular weight is 440 g/mol. The summed E-state index contributed by atoms with van der Waals surface area (Å²) in [6, 6.07) is 3.46. The minimum absolute atomic E-state index is 0.0723. The standard InChI is InChI=1S/C21H20N4O5S/c1-27-13-7-11(8-14(28-2)18(13)29-3)19-24-23-16(30-19)9-25-10-22-20-17(21(25)26)12-5-4-6-15(12)31-20/h7-8,10H,4-6,9H2,1-3H3. The Labute approximate surface area is 181 Å². The molecule has 3 heterocycles. The molecule has 0 unspecified atom stereocenters. The van der Waals surface area contributed by atoms with Gasteiger partial charge in [-0.1, -0.05) is 0 Å². The fourth-order valence-corrected chi connectivity index (χ4v) is 5.14. The highest BCUT2D eigenvalue weighted by Gasteiger charge is 2.22. The lowest BCUT2D eigenvalue weighted by Gasteiger charge is -2.12. The average Bonchev–Trinajstić information content (AvgIpc) is 3.50. The van der Waals surface area contributed by atoms with E-state index >= 15 is 0 Å². The topological polar surface area (TPSA) is 102 Å². The highest BCUT2D eigenvalue weighted by atomic mass is 32.1. The number of hydrogen-bond acceptors (Lipinski definition) is 9. The Morgan fingerprint density at radius 2 is 1.87 bits per heavy atom. The number of ether oxygens (including phenoxy) is 3. The molecule has 0 atom stereocenters. The van der Waals surface area contributed by atoms with Crippen molar-refractivity contribution in [3.8, 4) is 28.7 Å². The molecule has 31 heavy (non-hydrogen) atoms. The van der Waals surface area contributed by atoms with Crippen LogP contribution in [0.1, 0.15) is 22.8 Å². The molecule has 0 bridgehead atoms. The van der Waals surface area contributed by atoms with Crippen molar-refractivity contribution in [2.75, 3.05) is 21.3 Å². The molecule has 0 saturated heterocycles. The van der Waals surface area contributed by atoms with Gasteiger partial charge < -0.3 is 18.6 Å². The molecular formula is C21H20N4O5S. The zero-order valence-electron chi connectivity index (χ0n) is 17.3. The summed E-state index contributed by atoms with van der Waals surface area (Å²) in [4.78, 5) is 19.6. The van der Waals surface area contributed by atoms with Gasteiger partial charge in [0.2, 0.25) is 17.5 Å². The van der Waals surface area contributed by atoms with Crippen LogP contribution in [-0.4, -0.2) is 41.1 Å². The smallest absolute Gasteiger partial charge is 0.262 e. The van der Waals surface area contributed by atoms with Crippen molar-refractivity contribution < 1.29 is 18.6 Å². The first kappa shape index (κ1) is 19.6. The van der Waals surface area contributed by atoms with Crippen LogP contribution in [0.2, 0.25) is 0 Å². The predicted octanol–water partition coefficient (Wildman–Crippen LogP) is 3.07. The normalized spacial score (nSPS) is 12.9. The van der Waals surface area contributed by atoms with Crippen LogP contribution < -0.4 is 19.8 Å². The van der Waals surface area contributed by atoms with E-state index in [-0.39, 0.29) is 18.0 Å². The van der Waals surface area contributed by atoms with Crippen LogP contribution in [0.15, 0.2) is 27.7 Å². The van der Waals surface area contributed by atoms with Gasteiger partial charge in [0.15, 0.2) is 11.5 Å². The fourth-order valence-electron chi connectivity index (χ4n) is 3.92. The third kappa shape index (κ3) is 3.23. The quantitative estimate of drug-likeness (QED) is 0.451. The van der Waals surface area contributed by atoms with Gasteiger partial charge in [0.05, 0.1) is 33.0 Å². The van der Waals surface area contributed by atoms with E-state index in [0.717, 1.165) is 35.0 Å². The first-order valence-corrected chi connectivity index (χ1v) is 10.6. The molecule has 3 aromatic heterocycles. The molecule has 0 fully saturated rings. The zero-order chi connectivity index (χ0) is 21.5. The van der Waals surface area contributed by atoms with Gasteiger partial charge in [0, 0.05) is 10.4 Å². The van der Waals surface area contributed by atoms with Crippen molar-refractivity contribution in [2.45, 2.75) is 25.8 Å². The number of aromatic nitrogens is 4. The van der Waals surface area contributed by atoms with Crippen molar-refractivity contribution in [2.24, 2.45) is 0 Å². The van der Waals surface area contributed by atoms with E-state index in [1.54, 1.807) is 29.8 Å². The second-order valence-electron chi connectivity index (χ2n) is 7.13. The van der Waals surface area contributed by atoms with E-state index < -0.39 is 0 Å². The monoisotopic (exact) mass is 440 g/mol. The molecule has 0 spiro atoms. The van der Waals surface area contributed by atoms with Crippen LogP contribution in [0, 0.1) is 0 Å². The van der Waals surface area contributed by atoms with Gasteiger partial charge in [0.25, 0.3) is 5.56 Å². The van der Waals surface area contributed by atoms with Gasteiger partial charge in [0.1, 0.15) is 11.4 Å². The van der Waals surface area contributed by atoms with Crippen LogP contribution in [0.25, 0.3) is 21.7 Å². The van der Waals surface area contributed by atoms with Crippen LogP contribution >= 0.6 is 11.3 Å². The van der Waals surface area contributed by atoms with Crippen molar-refractivity contribution in [3.05, 3.63) is 45.1 Å². The van der Waals surface area contributed by atoms with E-state index in [9.17, 15) is 4.79 Å². The van der Waals surface area contributed by atoms with Crippen molar-refractivity contribution in [1.29, 1.82) is 0 Å². The Morgan fingerprint density at radius 3 is 2.58 bits per heavy atom. The van der Waals surface area contributed by atoms with E-state index in [1.165, 1.54) is 30.8 Å². The maximum atomic E-state index is 13.1. The second kappa shape index (κ2) is 7.69. The van der Waals surface area contributed by atoms with E-state index in [2.05, 4.69) is 15.2 Å². The van der Waals surface area contributed by atoms with Crippen LogP contribution in [0.5, 0.6) is 17.2 Å². The van der Waals surface area contributed by atoms with E-state index in [4.69, 9.17) is 18.6 Å². The second-order valence-corrected chi connectivity index (χ2v) is 8.21. The first-order chi connectivity index (χ1) is 15.1. The number of nitrogens with zero attached hydrogens (tertiary/aromatic N) is 4. The Balaban J connectivity index is 1.48. The van der Waals surface area contributed by atoms with Gasteiger partial charge in [-0.2, -0.15) is 0 Å². The van der Waals surface area contributed by atoms with Gasteiger partial charge in [-0.15, -0.1) is 21.5 Å². The van der Waals surface area contributed by atoms with Gasteiger partial charge in [-0.25, -0.2) is 4.98 Å². The molecular weight excluding hydrogens is 420 g/mol. The lowest BCUT2D eigenvalue weighted by Crippen LogP contribution is -2.21. The Hall–Kier alpha value is -3.40. The molecule has 0 amide bonds. The SMILES string of the molecule is COc1cc(-c2nnc(Cn3cnc4sc5c(c4c3=O)CCC5)o2)cc(OC)c1OC. The van der Waals surface area contributed by atoms with Crippen molar-refractivity contribution in [1.82, 2.24) is 19.7 Å². The number of hydrogen-bond donors (Lipinski definition) is 0. The van der Waals surface area contributed by atoms with Gasteiger partial charge in [-0.05, 0) is 37.0 Å². The number of rotatable bonds is 6. The summed E-state index contributed by atoms with van der Waals surface area (Å²) >= 11 is 1.62. The van der Waals surface area contributed by atoms with Crippen molar-refractivity contribution in [3.63, 3.8) is 0 Å². The maximum absolute atomic E-state index is 13.1. The van der Waals surface area contributed by atoms with Crippen LogP contribution in [0.3, 0.4) is 0 Å². The summed E-state index contributed by atoms with van der Waals surface area (Å²) < 4.78 is 23.5. The molecule has 10 heteroatoms. The third-order valence-electron chi connectivity index (χ3n) is 5.38. The number of methoxy groups -OCH3 is 3. The summed E-state index contributed by atoms with van der Waals surface area (Å²) in [5, 5.41) is 8.96. The summed E-state index contributed by atoms with van der Waals surface area (Å²) in [5.74, 6) is 2.02. The molecule has 0 N–H and O–H groups in total. The summed E-state index contributed by atoms with van der Waals surface area (Å²) in [5.41, 5.74) is 1.69. The molecule has 1 aromatic carbocycles. The number of fused-ring (bicyclic) bond motifs is 3. The Bertz CT molecular complexity index is 1310. The maximum Gasteiger partial charge on any atom is 0.262 e. The fraction of sp³-hybridized carbons (Fsp3) is 0.333. The zero-order valence-corrected chi connectivity index (χ0v) is 18.1. The summed E-state index contributed by atoms with van der Waals surface area (Å²) in [6.45, 7) is 0.143. The lowest BCUT2D eigenvalue weighted by molar-refractivity contribution is 0.324. The molecule has 9 nitrogen and oxygen atoms in total. The minimum Gasteiger partial charge on any atom is -0.493 e. The van der Waals surface area contributed by atoms with Gasteiger partial charge in [-0.3, -0.25) is 9.36 Å². The molecule has 5 rings (SSSR count). The summed E-state index contributed by atoms with van der Waals surface area (Å²) in [6.07, 6.45) is 4.59. The van der Waals surface area contributed by atoms with Gasteiger partial charge >= 0.3 is 0 Å². The highest BCUT2D eigenvalue weighted by molar-refractivity contribution is 7.18. The molecule has 160 valence electrons. The Kier molecular flexibility index (Phi) is 4.85. The number of aryl methyl sites for hydroxylation is 2. The van der Waals surface area contributed by atoms with E-state index in [0.29, 0.717) is 28.7 Å². The Morgan fingerprint density at radius 1 is 1.10 bits per heavy atom. The third-order valence-corrected chi connectivity index (χ3v) is 6.58. The molecule has 1 aliphatic carbocycles. The molecule has 0 aliphatic heterocycles. The molecule has 1 aliphatic rings.